The number of aromatic nitrogens is 2. The minimum absolute atomic E-state index is 0.588. The molecule has 0 radical (unpaired) electrons. The molecule has 0 atom stereocenters. The van der Waals surface area contributed by atoms with Crippen molar-refractivity contribution < 1.29 is 4.74 Å². The second kappa shape index (κ2) is 5.01. The van der Waals surface area contributed by atoms with Gasteiger partial charge in [-0.25, -0.2) is 0 Å². The molecular formula is C13H17N3O. The highest BCUT2D eigenvalue weighted by Crippen LogP contribution is 2.23. The maximum Gasteiger partial charge on any atom is 0.118 e. The lowest BCUT2D eigenvalue weighted by molar-refractivity contribution is 0.415. The first-order valence-corrected chi connectivity index (χ1v) is 5.63. The van der Waals surface area contributed by atoms with Crippen LogP contribution in [0.25, 0.3) is 11.3 Å². The predicted molar refractivity (Wildman–Crippen MR) is 68.0 cm³/mol. The Morgan fingerprint density at radius 2 is 2.00 bits per heavy atom. The van der Waals surface area contributed by atoms with Gasteiger partial charge in [0.2, 0.25) is 0 Å². The van der Waals surface area contributed by atoms with Crippen LogP contribution < -0.4 is 10.5 Å². The van der Waals surface area contributed by atoms with Crippen molar-refractivity contribution in [3.63, 3.8) is 0 Å². The van der Waals surface area contributed by atoms with Gasteiger partial charge in [-0.1, -0.05) is 0 Å². The third kappa shape index (κ3) is 2.47. The fourth-order valence-electron chi connectivity index (χ4n) is 1.83. The zero-order valence-electron chi connectivity index (χ0n) is 10.2. The van der Waals surface area contributed by atoms with E-state index in [4.69, 9.17) is 10.5 Å². The summed E-state index contributed by atoms with van der Waals surface area (Å²) in [7, 11) is 1.66. The Kier molecular flexibility index (Phi) is 3.44. The maximum atomic E-state index is 5.58. The molecule has 0 bridgehead atoms. The van der Waals surface area contributed by atoms with E-state index in [-0.39, 0.29) is 0 Å². The fraction of sp³-hybridized carbons (Fsp3) is 0.308. The van der Waals surface area contributed by atoms with Crippen molar-refractivity contribution in [3.8, 4) is 17.0 Å². The number of aryl methyl sites for hydroxylation is 1. The lowest BCUT2D eigenvalue weighted by Crippen LogP contribution is -2.12. The molecule has 0 aliphatic carbocycles. The number of hydrogen-bond donors (Lipinski definition) is 1. The van der Waals surface area contributed by atoms with Crippen molar-refractivity contribution >= 4 is 0 Å². The van der Waals surface area contributed by atoms with E-state index in [1.54, 1.807) is 7.11 Å². The van der Waals surface area contributed by atoms with Crippen LogP contribution in [0, 0.1) is 6.92 Å². The van der Waals surface area contributed by atoms with Crippen molar-refractivity contribution in [2.45, 2.75) is 13.5 Å². The summed E-state index contributed by atoms with van der Waals surface area (Å²) in [6, 6.07) is 10.0. The van der Waals surface area contributed by atoms with Gasteiger partial charge in [-0.3, -0.25) is 4.68 Å². The van der Waals surface area contributed by atoms with Crippen molar-refractivity contribution in [2.75, 3.05) is 13.7 Å². The average Bonchev–Trinajstić information content (AvgIpc) is 2.71. The van der Waals surface area contributed by atoms with Gasteiger partial charge in [0.15, 0.2) is 0 Å². The van der Waals surface area contributed by atoms with E-state index in [0.717, 1.165) is 29.2 Å². The predicted octanol–water partition coefficient (Wildman–Crippen LogP) is 1.83. The van der Waals surface area contributed by atoms with Gasteiger partial charge in [-0.15, -0.1) is 0 Å². The third-order valence-corrected chi connectivity index (χ3v) is 2.63. The Hall–Kier alpha value is -1.81. The SMILES string of the molecule is COc1ccc(-c2cc(C)nn2CCN)cc1. The number of rotatable bonds is 4. The highest BCUT2D eigenvalue weighted by Gasteiger charge is 2.07. The first kappa shape index (κ1) is 11.7. The van der Waals surface area contributed by atoms with Crippen LogP contribution in [0.2, 0.25) is 0 Å². The topological polar surface area (TPSA) is 53.1 Å². The van der Waals surface area contributed by atoms with Crippen LogP contribution in [0.3, 0.4) is 0 Å². The number of nitrogens with zero attached hydrogens (tertiary/aromatic N) is 2. The van der Waals surface area contributed by atoms with E-state index in [1.165, 1.54) is 0 Å². The van der Waals surface area contributed by atoms with Gasteiger partial charge in [-0.05, 0) is 37.3 Å². The Morgan fingerprint density at radius 3 is 2.59 bits per heavy atom. The smallest absolute Gasteiger partial charge is 0.118 e. The van der Waals surface area contributed by atoms with Gasteiger partial charge in [-0.2, -0.15) is 5.10 Å². The zero-order valence-corrected chi connectivity index (χ0v) is 10.2. The normalized spacial score (nSPS) is 10.5. The molecule has 17 heavy (non-hydrogen) atoms. The van der Waals surface area contributed by atoms with E-state index < -0.39 is 0 Å². The Morgan fingerprint density at radius 1 is 1.29 bits per heavy atom. The molecule has 0 aliphatic rings. The lowest BCUT2D eigenvalue weighted by atomic mass is 10.1. The van der Waals surface area contributed by atoms with E-state index in [1.807, 2.05) is 35.9 Å². The number of nitrogens with two attached hydrogens (primary N) is 1. The van der Waals surface area contributed by atoms with Crippen LogP contribution in [-0.2, 0) is 6.54 Å². The third-order valence-electron chi connectivity index (χ3n) is 2.63. The second-order valence-corrected chi connectivity index (χ2v) is 3.91. The highest BCUT2D eigenvalue weighted by atomic mass is 16.5. The fourth-order valence-corrected chi connectivity index (χ4v) is 1.83. The zero-order chi connectivity index (χ0) is 12.3. The molecule has 2 rings (SSSR count). The van der Waals surface area contributed by atoms with E-state index in [2.05, 4.69) is 11.2 Å². The molecule has 0 aliphatic heterocycles. The van der Waals surface area contributed by atoms with Crippen LogP contribution in [0.15, 0.2) is 30.3 Å². The van der Waals surface area contributed by atoms with Gasteiger partial charge in [0.05, 0.1) is 25.0 Å². The van der Waals surface area contributed by atoms with Gasteiger partial charge >= 0.3 is 0 Å². The summed E-state index contributed by atoms with van der Waals surface area (Å²) in [5, 5.41) is 4.42. The summed E-state index contributed by atoms with van der Waals surface area (Å²) < 4.78 is 7.09. The minimum atomic E-state index is 0.588. The molecular weight excluding hydrogens is 214 g/mol. The molecule has 0 unspecified atom stereocenters. The molecule has 2 aromatic rings. The van der Waals surface area contributed by atoms with Crippen LogP contribution in [0.4, 0.5) is 0 Å². The maximum absolute atomic E-state index is 5.58. The van der Waals surface area contributed by atoms with Gasteiger partial charge in [0.25, 0.3) is 0 Å². The number of ether oxygens (including phenoxy) is 1. The summed E-state index contributed by atoms with van der Waals surface area (Å²) in [6.45, 7) is 3.31. The quantitative estimate of drug-likeness (QED) is 0.873. The molecule has 2 N–H and O–H groups in total. The van der Waals surface area contributed by atoms with Crippen LogP contribution >= 0.6 is 0 Å². The monoisotopic (exact) mass is 231 g/mol. The molecule has 1 aromatic carbocycles. The molecule has 4 heteroatoms. The Bertz CT molecular complexity index is 488. The summed E-state index contributed by atoms with van der Waals surface area (Å²) in [5.74, 6) is 0.857. The number of methoxy groups -OCH3 is 1. The molecule has 0 amide bonds. The minimum Gasteiger partial charge on any atom is -0.497 e. The van der Waals surface area contributed by atoms with Crippen molar-refractivity contribution in [1.82, 2.24) is 9.78 Å². The summed E-state index contributed by atoms with van der Waals surface area (Å²) in [6.07, 6.45) is 0. The Labute approximate surface area is 101 Å². The molecule has 90 valence electrons. The molecule has 0 saturated heterocycles. The largest absolute Gasteiger partial charge is 0.497 e. The first-order chi connectivity index (χ1) is 8.24. The van der Waals surface area contributed by atoms with Crippen molar-refractivity contribution in [1.29, 1.82) is 0 Å². The lowest BCUT2D eigenvalue weighted by Gasteiger charge is -2.06. The molecule has 1 aromatic heterocycles. The van der Waals surface area contributed by atoms with Crippen LogP contribution in [0.1, 0.15) is 5.69 Å². The summed E-state index contributed by atoms with van der Waals surface area (Å²) in [4.78, 5) is 0. The number of benzene rings is 1. The summed E-state index contributed by atoms with van der Waals surface area (Å²) in [5.41, 5.74) is 8.80. The standard InChI is InChI=1S/C13H17N3O/c1-10-9-13(16(15-10)8-7-14)11-3-5-12(17-2)6-4-11/h3-6,9H,7-8,14H2,1-2H3. The van der Waals surface area contributed by atoms with E-state index >= 15 is 0 Å². The van der Waals surface area contributed by atoms with Crippen molar-refractivity contribution in [3.05, 3.63) is 36.0 Å². The van der Waals surface area contributed by atoms with Gasteiger partial charge in [0.1, 0.15) is 5.75 Å². The average molecular weight is 231 g/mol. The van der Waals surface area contributed by atoms with E-state index in [0.29, 0.717) is 6.54 Å². The molecule has 0 fully saturated rings. The highest BCUT2D eigenvalue weighted by molar-refractivity contribution is 5.61. The summed E-state index contributed by atoms with van der Waals surface area (Å²) >= 11 is 0. The molecule has 0 saturated carbocycles. The van der Waals surface area contributed by atoms with E-state index in [9.17, 15) is 0 Å². The first-order valence-electron chi connectivity index (χ1n) is 5.63. The molecule has 1 heterocycles. The van der Waals surface area contributed by atoms with Crippen LogP contribution in [0.5, 0.6) is 5.75 Å². The van der Waals surface area contributed by atoms with Gasteiger partial charge < -0.3 is 10.5 Å². The van der Waals surface area contributed by atoms with Crippen molar-refractivity contribution in [2.24, 2.45) is 5.73 Å². The van der Waals surface area contributed by atoms with Crippen LogP contribution in [-0.4, -0.2) is 23.4 Å². The second-order valence-electron chi connectivity index (χ2n) is 3.91. The number of hydrogen-bond acceptors (Lipinski definition) is 3. The van der Waals surface area contributed by atoms with Gasteiger partial charge in [0, 0.05) is 12.1 Å². The molecule has 0 spiro atoms. The molecule has 4 nitrogen and oxygen atoms in total. The Balaban J connectivity index is 2.37.